The maximum atomic E-state index is 12.0. The van der Waals surface area contributed by atoms with Gasteiger partial charge in [0.05, 0.1) is 5.69 Å². The van der Waals surface area contributed by atoms with Crippen LogP contribution in [0.4, 0.5) is 10.5 Å². The van der Waals surface area contributed by atoms with Gasteiger partial charge >= 0.3 is 0 Å². The molecule has 0 aliphatic carbocycles. The number of thioether (sulfide) groups is 1. The molecule has 0 unspecified atom stereocenters. The third-order valence-electron chi connectivity index (χ3n) is 3.09. The van der Waals surface area contributed by atoms with Crippen molar-refractivity contribution in [3.8, 4) is 0 Å². The molecule has 1 amide bonds. The number of benzene rings is 2. The van der Waals surface area contributed by atoms with Gasteiger partial charge in [-0.15, -0.1) is 0 Å². The maximum absolute atomic E-state index is 12.0. The molecule has 1 aliphatic rings. The molecule has 0 atom stereocenters. The Morgan fingerprint density at radius 1 is 1.05 bits per heavy atom. The van der Waals surface area contributed by atoms with Crippen LogP contribution in [0.2, 0.25) is 0 Å². The lowest BCUT2D eigenvalue weighted by molar-refractivity contribution is -0.107. The molecule has 3 nitrogen and oxygen atoms in total. The molecule has 4 heteroatoms. The minimum Gasteiger partial charge on any atom is -0.279 e. The van der Waals surface area contributed by atoms with Crippen LogP contribution in [0.3, 0.4) is 0 Å². The summed E-state index contributed by atoms with van der Waals surface area (Å²) in [6, 6.07) is 13.6. The molecule has 1 aliphatic heterocycles. The Kier molecular flexibility index (Phi) is 2.87. The Labute approximate surface area is 114 Å². The standard InChI is InChI=1S/C15H11NO2S/c1-2-12-14(17)19-15(18)16(12)13-9-5-7-10-6-3-4-8-11(10)13/h2-9H,1H3. The van der Waals surface area contributed by atoms with Gasteiger partial charge in [0, 0.05) is 17.1 Å². The van der Waals surface area contributed by atoms with E-state index in [4.69, 9.17) is 0 Å². The average molecular weight is 269 g/mol. The van der Waals surface area contributed by atoms with Crippen molar-refractivity contribution in [3.05, 3.63) is 54.2 Å². The Hall–Kier alpha value is -2.07. The third kappa shape index (κ3) is 1.85. The zero-order chi connectivity index (χ0) is 13.4. The molecule has 2 aromatic carbocycles. The normalized spacial score (nSPS) is 17.7. The first-order valence-electron chi connectivity index (χ1n) is 5.92. The molecule has 3 rings (SSSR count). The zero-order valence-corrected chi connectivity index (χ0v) is 11.1. The van der Waals surface area contributed by atoms with Crippen molar-refractivity contribution in [1.82, 2.24) is 0 Å². The average Bonchev–Trinajstić information content (AvgIpc) is 2.72. The number of allylic oxidation sites excluding steroid dienone is 1. The highest BCUT2D eigenvalue weighted by molar-refractivity contribution is 8.27. The van der Waals surface area contributed by atoms with E-state index < -0.39 is 0 Å². The minimum atomic E-state index is -0.241. The van der Waals surface area contributed by atoms with Gasteiger partial charge in [0.2, 0.25) is 5.12 Å². The largest absolute Gasteiger partial charge is 0.298 e. The van der Waals surface area contributed by atoms with Crippen LogP contribution in [-0.2, 0) is 4.79 Å². The van der Waals surface area contributed by atoms with Crippen molar-refractivity contribution in [2.24, 2.45) is 0 Å². The summed E-state index contributed by atoms with van der Waals surface area (Å²) >= 11 is 0.744. The fraction of sp³-hybridized carbons (Fsp3) is 0.0667. The van der Waals surface area contributed by atoms with Crippen LogP contribution in [0.15, 0.2) is 54.2 Å². The molecule has 0 N–H and O–H groups in total. The highest BCUT2D eigenvalue weighted by atomic mass is 32.2. The molecule has 1 heterocycles. The van der Waals surface area contributed by atoms with Crippen molar-refractivity contribution in [3.63, 3.8) is 0 Å². The Balaban J connectivity index is 2.25. The number of rotatable bonds is 1. The van der Waals surface area contributed by atoms with E-state index in [1.54, 1.807) is 13.0 Å². The van der Waals surface area contributed by atoms with E-state index in [1.165, 1.54) is 4.90 Å². The molecule has 2 aromatic rings. The van der Waals surface area contributed by atoms with Crippen molar-refractivity contribution in [2.75, 3.05) is 4.90 Å². The predicted molar refractivity (Wildman–Crippen MR) is 78.2 cm³/mol. The van der Waals surface area contributed by atoms with Crippen molar-refractivity contribution in [2.45, 2.75) is 6.92 Å². The van der Waals surface area contributed by atoms with Gasteiger partial charge < -0.3 is 0 Å². The molecule has 0 bridgehead atoms. The van der Waals surface area contributed by atoms with E-state index in [-0.39, 0.29) is 10.4 Å². The van der Waals surface area contributed by atoms with Crippen LogP contribution in [-0.4, -0.2) is 10.4 Å². The smallest absolute Gasteiger partial charge is 0.279 e. The fourth-order valence-electron chi connectivity index (χ4n) is 2.25. The Bertz CT molecular complexity index is 716. The van der Waals surface area contributed by atoms with E-state index in [0.717, 1.165) is 28.2 Å². The van der Waals surface area contributed by atoms with Gasteiger partial charge in [-0.1, -0.05) is 42.5 Å². The first-order chi connectivity index (χ1) is 9.22. The van der Waals surface area contributed by atoms with E-state index >= 15 is 0 Å². The SMILES string of the molecule is CC=C1C(=O)SC(=O)N1c1cccc2ccccc12. The summed E-state index contributed by atoms with van der Waals surface area (Å²) in [5.74, 6) is 0. The summed E-state index contributed by atoms with van der Waals surface area (Å²) < 4.78 is 0. The monoisotopic (exact) mass is 269 g/mol. The summed E-state index contributed by atoms with van der Waals surface area (Å²) in [6.45, 7) is 1.77. The lowest BCUT2D eigenvalue weighted by Crippen LogP contribution is -2.21. The molecule has 19 heavy (non-hydrogen) atoms. The van der Waals surface area contributed by atoms with Crippen LogP contribution in [0.25, 0.3) is 10.8 Å². The van der Waals surface area contributed by atoms with Crippen molar-refractivity contribution < 1.29 is 9.59 Å². The zero-order valence-electron chi connectivity index (χ0n) is 10.3. The maximum Gasteiger partial charge on any atom is 0.298 e. The van der Waals surface area contributed by atoms with Crippen molar-refractivity contribution in [1.29, 1.82) is 0 Å². The summed E-state index contributed by atoms with van der Waals surface area (Å²) in [4.78, 5) is 25.3. The van der Waals surface area contributed by atoms with Crippen LogP contribution in [0.1, 0.15) is 6.92 Å². The first kappa shape index (κ1) is 12.0. The Morgan fingerprint density at radius 3 is 2.58 bits per heavy atom. The second kappa shape index (κ2) is 4.55. The molecule has 0 radical (unpaired) electrons. The lowest BCUT2D eigenvalue weighted by atomic mass is 10.1. The number of nitrogens with zero attached hydrogens (tertiary/aromatic N) is 1. The van der Waals surface area contributed by atoms with Crippen LogP contribution in [0, 0.1) is 0 Å². The van der Waals surface area contributed by atoms with Gasteiger partial charge in [-0.2, -0.15) is 0 Å². The fourth-order valence-corrected chi connectivity index (χ4v) is 3.01. The highest BCUT2D eigenvalue weighted by Crippen LogP contribution is 2.37. The molecule has 1 fully saturated rings. The number of fused-ring (bicyclic) bond motifs is 1. The first-order valence-corrected chi connectivity index (χ1v) is 6.74. The highest BCUT2D eigenvalue weighted by Gasteiger charge is 2.35. The summed E-state index contributed by atoms with van der Waals surface area (Å²) in [7, 11) is 0. The van der Waals surface area contributed by atoms with E-state index in [2.05, 4.69) is 0 Å². The summed E-state index contributed by atoms with van der Waals surface area (Å²) in [5, 5.41) is 1.58. The van der Waals surface area contributed by atoms with Crippen LogP contribution >= 0.6 is 11.8 Å². The molecular formula is C15H11NO2S. The van der Waals surface area contributed by atoms with Crippen LogP contribution < -0.4 is 4.90 Å². The number of hydrogen-bond donors (Lipinski definition) is 0. The molecular weight excluding hydrogens is 258 g/mol. The van der Waals surface area contributed by atoms with Gasteiger partial charge in [0.15, 0.2) is 0 Å². The van der Waals surface area contributed by atoms with E-state index in [1.807, 2.05) is 42.5 Å². The molecule has 0 aromatic heterocycles. The van der Waals surface area contributed by atoms with Crippen LogP contribution in [0.5, 0.6) is 0 Å². The number of amides is 1. The minimum absolute atomic E-state index is 0.194. The second-order valence-corrected chi connectivity index (χ2v) is 5.09. The van der Waals surface area contributed by atoms with E-state index in [0.29, 0.717) is 5.70 Å². The van der Waals surface area contributed by atoms with Gasteiger partial charge in [0.1, 0.15) is 5.70 Å². The number of hydrogen-bond acceptors (Lipinski definition) is 3. The molecule has 94 valence electrons. The quantitative estimate of drug-likeness (QED) is 0.736. The van der Waals surface area contributed by atoms with Gasteiger partial charge in [-0.25, -0.2) is 0 Å². The summed E-state index contributed by atoms with van der Waals surface area (Å²) in [6.07, 6.45) is 1.68. The number of anilines is 1. The molecule has 1 saturated heterocycles. The van der Waals surface area contributed by atoms with Gasteiger partial charge in [0.25, 0.3) is 5.24 Å². The topological polar surface area (TPSA) is 37.4 Å². The Morgan fingerprint density at radius 2 is 1.79 bits per heavy atom. The molecule has 0 spiro atoms. The third-order valence-corrected chi connectivity index (χ3v) is 3.85. The van der Waals surface area contributed by atoms with E-state index in [9.17, 15) is 9.59 Å². The molecule has 0 saturated carbocycles. The second-order valence-electron chi connectivity index (χ2n) is 4.16. The number of carbonyl (C=O) groups excluding carboxylic acids is 2. The lowest BCUT2D eigenvalue weighted by Gasteiger charge is -2.18. The van der Waals surface area contributed by atoms with Gasteiger partial charge in [-0.05, 0) is 18.4 Å². The van der Waals surface area contributed by atoms with Gasteiger partial charge in [-0.3, -0.25) is 14.5 Å². The predicted octanol–water partition coefficient (Wildman–Crippen LogP) is 3.94. The summed E-state index contributed by atoms with van der Waals surface area (Å²) in [5.41, 5.74) is 1.20. The number of carbonyl (C=O) groups is 2. The van der Waals surface area contributed by atoms with Crippen molar-refractivity contribution >= 4 is 38.6 Å².